The molecule has 4 rings (SSSR count). The predicted molar refractivity (Wildman–Crippen MR) is 143 cm³/mol. The summed E-state index contributed by atoms with van der Waals surface area (Å²) in [5, 5.41) is 13.8. The first-order valence-electron chi connectivity index (χ1n) is 12.3. The minimum Gasteiger partial charge on any atom is -0.465 e. The van der Waals surface area contributed by atoms with Gasteiger partial charge in [-0.1, -0.05) is 24.3 Å². The molecule has 1 unspecified atom stereocenters. The van der Waals surface area contributed by atoms with Crippen molar-refractivity contribution in [1.82, 2.24) is 19.7 Å². The van der Waals surface area contributed by atoms with Crippen LogP contribution in [-0.4, -0.2) is 76.1 Å². The third-order valence-electron chi connectivity index (χ3n) is 6.62. The van der Waals surface area contributed by atoms with Crippen LogP contribution >= 0.6 is 11.3 Å². The highest BCUT2D eigenvalue weighted by atomic mass is 32.1. The first kappa shape index (κ1) is 25.8. The van der Waals surface area contributed by atoms with Crippen LogP contribution in [0.4, 0.5) is 10.5 Å². The van der Waals surface area contributed by atoms with E-state index in [1.54, 1.807) is 17.4 Å². The standard InChI is InChI=1S/C27H33N5O3S/c1-3-31(4-2)26(33)21-10-8-20(9-11-21)25(22-6-5-7-23(16-22)29-27(34)35)32-14-12-30(13-15-32)17-24-18-36-19-28-24/h5-11,16,18-19,25,29H,3-4,12-15,17H2,1-2H3,(H,34,35). The average molecular weight is 508 g/mol. The van der Waals surface area contributed by atoms with Crippen LogP contribution in [0.3, 0.4) is 0 Å². The predicted octanol–water partition coefficient (Wildman–Crippen LogP) is 4.62. The molecule has 1 aliphatic heterocycles. The summed E-state index contributed by atoms with van der Waals surface area (Å²) >= 11 is 1.62. The van der Waals surface area contributed by atoms with E-state index in [2.05, 4.69) is 25.5 Å². The Morgan fingerprint density at radius 1 is 1.06 bits per heavy atom. The molecule has 2 aromatic carbocycles. The van der Waals surface area contributed by atoms with E-state index in [9.17, 15) is 14.7 Å². The van der Waals surface area contributed by atoms with Gasteiger partial charge in [0, 0.05) is 62.4 Å². The Morgan fingerprint density at radius 2 is 1.78 bits per heavy atom. The molecule has 190 valence electrons. The highest BCUT2D eigenvalue weighted by molar-refractivity contribution is 7.07. The first-order chi connectivity index (χ1) is 17.5. The second kappa shape index (κ2) is 12.1. The number of nitrogens with one attached hydrogen (secondary N) is 1. The number of benzene rings is 2. The zero-order chi connectivity index (χ0) is 25.5. The summed E-state index contributed by atoms with van der Waals surface area (Å²) in [6.45, 7) is 9.73. The summed E-state index contributed by atoms with van der Waals surface area (Å²) in [5.74, 6) is 0.0337. The molecule has 36 heavy (non-hydrogen) atoms. The topological polar surface area (TPSA) is 89.0 Å². The number of piperazine rings is 1. The quantitative estimate of drug-likeness (QED) is 0.439. The Bertz CT molecular complexity index is 1140. The van der Waals surface area contributed by atoms with Gasteiger partial charge in [-0.25, -0.2) is 9.78 Å². The van der Waals surface area contributed by atoms with Crippen molar-refractivity contribution in [2.45, 2.75) is 26.4 Å². The Hall–Kier alpha value is -3.27. The molecule has 1 aliphatic rings. The zero-order valence-electron chi connectivity index (χ0n) is 20.8. The van der Waals surface area contributed by atoms with E-state index >= 15 is 0 Å². The number of carboxylic acid groups (broad SMARTS) is 1. The highest BCUT2D eigenvalue weighted by Gasteiger charge is 2.27. The average Bonchev–Trinajstić information content (AvgIpc) is 3.39. The monoisotopic (exact) mass is 507 g/mol. The number of rotatable bonds is 9. The van der Waals surface area contributed by atoms with Crippen LogP contribution in [0.25, 0.3) is 0 Å². The Balaban J connectivity index is 1.58. The molecule has 1 aromatic heterocycles. The molecule has 0 bridgehead atoms. The molecular weight excluding hydrogens is 474 g/mol. The van der Waals surface area contributed by atoms with Crippen LogP contribution in [0.15, 0.2) is 59.4 Å². The number of hydrogen-bond acceptors (Lipinski definition) is 6. The SMILES string of the molecule is CCN(CC)C(=O)c1ccc(C(c2cccc(NC(=O)O)c2)N2CCN(Cc3cscn3)CC2)cc1. The van der Waals surface area contributed by atoms with Crippen LogP contribution < -0.4 is 5.32 Å². The molecule has 2 heterocycles. The smallest absolute Gasteiger partial charge is 0.409 e. The maximum absolute atomic E-state index is 12.8. The van der Waals surface area contributed by atoms with Gasteiger partial charge in [0.15, 0.2) is 0 Å². The van der Waals surface area contributed by atoms with Crippen molar-refractivity contribution >= 4 is 29.0 Å². The lowest BCUT2D eigenvalue weighted by molar-refractivity contribution is 0.0772. The van der Waals surface area contributed by atoms with Gasteiger partial charge < -0.3 is 10.0 Å². The number of anilines is 1. The molecule has 0 saturated carbocycles. The Labute approximate surface area is 216 Å². The van der Waals surface area contributed by atoms with Gasteiger partial charge in [-0.05, 0) is 49.2 Å². The number of nitrogens with zero attached hydrogens (tertiary/aromatic N) is 4. The molecule has 2 N–H and O–H groups in total. The molecule has 0 radical (unpaired) electrons. The lowest BCUT2D eigenvalue weighted by atomic mass is 9.95. The van der Waals surface area contributed by atoms with E-state index in [4.69, 9.17) is 0 Å². The van der Waals surface area contributed by atoms with Crippen LogP contribution in [-0.2, 0) is 6.54 Å². The van der Waals surface area contributed by atoms with E-state index < -0.39 is 6.09 Å². The summed E-state index contributed by atoms with van der Waals surface area (Å²) in [7, 11) is 0. The van der Waals surface area contributed by atoms with Gasteiger partial charge in [0.25, 0.3) is 5.91 Å². The normalized spacial score (nSPS) is 15.4. The molecule has 2 amide bonds. The van der Waals surface area contributed by atoms with Crippen molar-refractivity contribution in [3.05, 3.63) is 81.8 Å². The maximum Gasteiger partial charge on any atom is 0.409 e. The maximum atomic E-state index is 12.8. The number of carbonyl (C=O) groups excluding carboxylic acids is 1. The van der Waals surface area contributed by atoms with Crippen LogP contribution in [0.5, 0.6) is 0 Å². The number of thiazole rings is 1. The molecule has 8 nitrogen and oxygen atoms in total. The fourth-order valence-corrected chi connectivity index (χ4v) is 5.30. The summed E-state index contributed by atoms with van der Waals surface area (Å²) < 4.78 is 0. The Kier molecular flexibility index (Phi) is 8.69. The molecule has 0 spiro atoms. The van der Waals surface area contributed by atoms with Gasteiger partial charge in [-0.2, -0.15) is 0 Å². The third-order valence-corrected chi connectivity index (χ3v) is 7.25. The highest BCUT2D eigenvalue weighted by Crippen LogP contribution is 2.32. The number of amides is 2. The van der Waals surface area contributed by atoms with Crippen molar-refractivity contribution in [3.63, 3.8) is 0 Å². The summed E-state index contributed by atoms with van der Waals surface area (Å²) in [5.41, 5.74) is 6.28. The van der Waals surface area contributed by atoms with E-state index in [1.165, 1.54) is 0 Å². The van der Waals surface area contributed by atoms with Gasteiger partial charge in [0.05, 0.1) is 17.2 Å². The zero-order valence-corrected chi connectivity index (χ0v) is 21.6. The van der Waals surface area contributed by atoms with Crippen molar-refractivity contribution in [2.24, 2.45) is 0 Å². The number of aromatic nitrogens is 1. The van der Waals surface area contributed by atoms with E-state index in [0.29, 0.717) is 24.3 Å². The van der Waals surface area contributed by atoms with E-state index in [-0.39, 0.29) is 11.9 Å². The van der Waals surface area contributed by atoms with Gasteiger partial charge in [0.1, 0.15) is 0 Å². The minimum atomic E-state index is -1.08. The Morgan fingerprint density at radius 3 is 2.39 bits per heavy atom. The fraction of sp³-hybridized carbons (Fsp3) is 0.370. The number of carbonyl (C=O) groups is 2. The lowest BCUT2D eigenvalue weighted by Gasteiger charge is -2.39. The number of hydrogen-bond donors (Lipinski definition) is 2. The lowest BCUT2D eigenvalue weighted by Crippen LogP contribution is -2.47. The van der Waals surface area contributed by atoms with Crippen molar-refractivity contribution in [1.29, 1.82) is 0 Å². The molecule has 3 aromatic rings. The van der Waals surface area contributed by atoms with Crippen molar-refractivity contribution in [3.8, 4) is 0 Å². The van der Waals surface area contributed by atoms with Crippen molar-refractivity contribution < 1.29 is 14.7 Å². The molecular formula is C27H33N5O3S. The fourth-order valence-electron chi connectivity index (χ4n) is 4.75. The van der Waals surface area contributed by atoms with E-state index in [0.717, 1.165) is 49.5 Å². The molecule has 1 saturated heterocycles. The molecule has 1 fully saturated rings. The largest absolute Gasteiger partial charge is 0.465 e. The molecule has 0 aliphatic carbocycles. The minimum absolute atomic E-state index is 0.0337. The van der Waals surface area contributed by atoms with Gasteiger partial charge in [-0.15, -0.1) is 11.3 Å². The van der Waals surface area contributed by atoms with Crippen LogP contribution in [0.2, 0.25) is 0 Å². The molecule has 1 atom stereocenters. The van der Waals surface area contributed by atoms with Crippen molar-refractivity contribution in [2.75, 3.05) is 44.6 Å². The van der Waals surface area contributed by atoms with Crippen LogP contribution in [0.1, 0.15) is 47.1 Å². The summed E-state index contributed by atoms with van der Waals surface area (Å²) in [6, 6.07) is 15.4. The summed E-state index contributed by atoms with van der Waals surface area (Å²) in [4.78, 5) is 35.1. The first-order valence-corrected chi connectivity index (χ1v) is 13.2. The third kappa shape index (κ3) is 6.29. The van der Waals surface area contributed by atoms with E-state index in [1.807, 2.05) is 66.7 Å². The second-order valence-corrected chi connectivity index (χ2v) is 9.57. The second-order valence-electron chi connectivity index (χ2n) is 8.85. The van der Waals surface area contributed by atoms with Gasteiger partial charge in [-0.3, -0.25) is 19.9 Å². The summed E-state index contributed by atoms with van der Waals surface area (Å²) in [6.07, 6.45) is -1.08. The van der Waals surface area contributed by atoms with Crippen LogP contribution in [0, 0.1) is 0 Å². The molecule has 9 heteroatoms. The van der Waals surface area contributed by atoms with Gasteiger partial charge in [0.2, 0.25) is 0 Å². The van der Waals surface area contributed by atoms with Gasteiger partial charge >= 0.3 is 6.09 Å².